The monoisotopic (exact) mass is 390 g/mol. The molecule has 0 radical (unpaired) electrons. The molecule has 2 saturated heterocycles. The number of pyridine rings is 1. The topological polar surface area (TPSA) is 62.5 Å². The van der Waals surface area contributed by atoms with E-state index in [4.69, 9.17) is 5.73 Å². The molecule has 1 saturated carbocycles. The van der Waals surface area contributed by atoms with Crippen LogP contribution in [-0.2, 0) is 11.3 Å². The number of benzene rings is 1. The summed E-state index contributed by atoms with van der Waals surface area (Å²) in [6, 6.07) is 14.9. The van der Waals surface area contributed by atoms with E-state index in [1.807, 2.05) is 12.1 Å². The van der Waals surface area contributed by atoms with Gasteiger partial charge in [-0.1, -0.05) is 36.4 Å². The third-order valence-electron chi connectivity index (χ3n) is 7.15. The molecule has 1 aliphatic carbocycles. The molecule has 152 valence electrons. The summed E-state index contributed by atoms with van der Waals surface area (Å²) in [5, 5.41) is 0. The van der Waals surface area contributed by atoms with Gasteiger partial charge in [0.15, 0.2) is 0 Å². The second-order valence-corrected chi connectivity index (χ2v) is 9.19. The molecule has 5 heteroatoms. The molecule has 3 heterocycles. The van der Waals surface area contributed by atoms with Gasteiger partial charge >= 0.3 is 0 Å². The number of aromatic nitrogens is 1. The first kappa shape index (κ1) is 18.6. The molecule has 1 amide bonds. The van der Waals surface area contributed by atoms with Gasteiger partial charge in [-0.2, -0.15) is 0 Å². The van der Waals surface area contributed by atoms with Crippen LogP contribution in [0.4, 0.5) is 5.82 Å². The molecule has 29 heavy (non-hydrogen) atoms. The Labute approximate surface area is 172 Å². The fraction of sp³-hybridized carbons (Fsp3) is 0.500. The lowest BCUT2D eigenvalue weighted by Crippen LogP contribution is -2.54. The molecule has 1 aromatic carbocycles. The maximum Gasteiger partial charge on any atom is 0.230 e. The summed E-state index contributed by atoms with van der Waals surface area (Å²) < 4.78 is 0. The number of nitrogen functional groups attached to an aromatic ring is 1. The summed E-state index contributed by atoms with van der Waals surface area (Å²) >= 11 is 0. The van der Waals surface area contributed by atoms with E-state index in [0.717, 1.165) is 51.0 Å². The number of anilines is 1. The van der Waals surface area contributed by atoms with Gasteiger partial charge in [0.05, 0.1) is 5.92 Å². The average molecular weight is 391 g/mol. The fourth-order valence-corrected chi connectivity index (χ4v) is 5.24. The second kappa shape index (κ2) is 7.45. The van der Waals surface area contributed by atoms with Gasteiger partial charge in [-0.15, -0.1) is 0 Å². The third-order valence-corrected chi connectivity index (χ3v) is 7.15. The van der Waals surface area contributed by atoms with Crippen molar-refractivity contribution in [3.05, 3.63) is 59.8 Å². The maximum atomic E-state index is 13.3. The molecule has 1 atom stereocenters. The van der Waals surface area contributed by atoms with Crippen molar-refractivity contribution in [1.29, 1.82) is 0 Å². The Bertz CT molecular complexity index is 871. The van der Waals surface area contributed by atoms with Crippen molar-refractivity contribution in [3.63, 3.8) is 0 Å². The molecular formula is C24H30N4O. The first-order chi connectivity index (χ1) is 14.1. The highest BCUT2D eigenvalue weighted by Gasteiger charge is 2.49. The number of piperidine rings is 2. The van der Waals surface area contributed by atoms with Crippen molar-refractivity contribution in [2.24, 2.45) is 5.41 Å². The Morgan fingerprint density at radius 2 is 1.83 bits per heavy atom. The molecule has 1 spiro atoms. The van der Waals surface area contributed by atoms with E-state index in [-0.39, 0.29) is 11.3 Å². The van der Waals surface area contributed by atoms with Gasteiger partial charge in [0.1, 0.15) is 5.82 Å². The molecule has 5 rings (SSSR count). The zero-order valence-corrected chi connectivity index (χ0v) is 17.0. The van der Waals surface area contributed by atoms with Crippen LogP contribution >= 0.6 is 0 Å². The summed E-state index contributed by atoms with van der Waals surface area (Å²) in [6.45, 7) is 3.93. The molecule has 2 aromatic rings. The van der Waals surface area contributed by atoms with Gasteiger partial charge in [0, 0.05) is 30.9 Å². The van der Waals surface area contributed by atoms with Gasteiger partial charge in [-0.05, 0) is 62.2 Å². The van der Waals surface area contributed by atoms with Gasteiger partial charge in [0.25, 0.3) is 0 Å². The average Bonchev–Trinajstić information content (AvgIpc) is 3.59. The van der Waals surface area contributed by atoms with Crippen LogP contribution in [0.2, 0.25) is 0 Å². The fourth-order valence-electron chi connectivity index (χ4n) is 5.24. The summed E-state index contributed by atoms with van der Waals surface area (Å²) in [5.74, 6) is 1.01. The van der Waals surface area contributed by atoms with E-state index in [0.29, 0.717) is 17.8 Å². The van der Waals surface area contributed by atoms with Crippen LogP contribution in [0, 0.1) is 5.41 Å². The number of hydrogen-bond acceptors (Lipinski definition) is 4. The van der Waals surface area contributed by atoms with Gasteiger partial charge in [-0.25, -0.2) is 4.98 Å². The number of carbonyl (C=O) groups is 1. The van der Waals surface area contributed by atoms with Crippen molar-refractivity contribution in [2.45, 2.75) is 50.6 Å². The molecule has 2 aliphatic heterocycles. The van der Waals surface area contributed by atoms with Crippen molar-refractivity contribution in [2.75, 3.05) is 25.4 Å². The van der Waals surface area contributed by atoms with E-state index in [2.05, 4.69) is 45.1 Å². The molecule has 5 nitrogen and oxygen atoms in total. The molecule has 1 aromatic heterocycles. The van der Waals surface area contributed by atoms with E-state index < -0.39 is 0 Å². The minimum atomic E-state index is 0.0195. The number of nitrogens with two attached hydrogens (primary N) is 1. The van der Waals surface area contributed by atoms with Gasteiger partial charge < -0.3 is 10.6 Å². The maximum absolute atomic E-state index is 13.3. The number of hydrogen-bond donors (Lipinski definition) is 1. The van der Waals surface area contributed by atoms with Crippen LogP contribution in [0.1, 0.15) is 49.1 Å². The third kappa shape index (κ3) is 3.76. The quantitative estimate of drug-likeness (QED) is 0.869. The standard InChI is InChI=1S/C24H30N4O/c25-22-19(7-4-12-26-22)16-27-13-10-24(11-14-27)15-21(18-5-2-1-3-6-18)23(29)28(17-24)20-8-9-20/h1-7,12,20-21H,8-11,13-17H2,(H2,25,26). The van der Waals surface area contributed by atoms with Crippen molar-refractivity contribution < 1.29 is 4.79 Å². The zero-order valence-electron chi connectivity index (χ0n) is 17.0. The molecule has 2 N–H and O–H groups in total. The SMILES string of the molecule is Nc1ncccc1CN1CCC2(CC1)CC(c1ccccc1)C(=O)N(C1CC1)C2. The number of rotatable bonds is 4. The number of carbonyl (C=O) groups excluding carboxylic acids is 1. The van der Waals surface area contributed by atoms with Crippen LogP contribution in [-0.4, -0.2) is 46.4 Å². The smallest absolute Gasteiger partial charge is 0.230 e. The highest BCUT2D eigenvalue weighted by Crippen LogP contribution is 2.48. The predicted molar refractivity (Wildman–Crippen MR) is 114 cm³/mol. The predicted octanol–water partition coefficient (Wildman–Crippen LogP) is 3.42. The van der Waals surface area contributed by atoms with Gasteiger partial charge in [0.2, 0.25) is 5.91 Å². The first-order valence-electron chi connectivity index (χ1n) is 10.9. The Hall–Kier alpha value is -2.40. The Morgan fingerprint density at radius 1 is 1.07 bits per heavy atom. The van der Waals surface area contributed by atoms with Crippen molar-refractivity contribution in [3.8, 4) is 0 Å². The van der Waals surface area contributed by atoms with E-state index in [1.165, 1.54) is 18.4 Å². The highest BCUT2D eigenvalue weighted by molar-refractivity contribution is 5.85. The first-order valence-corrected chi connectivity index (χ1v) is 10.9. The Balaban J connectivity index is 1.32. The lowest BCUT2D eigenvalue weighted by atomic mass is 9.67. The largest absolute Gasteiger partial charge is 0.383 e. The number of likely N-dealkylation sites (tertiary alicyclic amines) is 2. The summed E-state index contributed by atoms with van der Waals surface area (Å²) in [6.07, 6.45) is 7.38. The lowest BCUT2D eigenvalue weighted by molar-refractivity contribution is -0.142. The van der Waals surface area contributed by atoms with E-state index in [1.54, 1.807) is 6.20 Å². The minimum Gasteiger partial charge on any atom is -0.383 e. The van der Waals surface area contributed by atoms with E-state index in [9.17, 15) is 4.79 Å². The summed E-state index contributed by atoms with van der Waals surface area (Å²) in [5.41, 5.74) is 8.60. The van der Waals surface area contributed by atoms with Crippen molar-refractivity contribution in [1.82, 2.24) is 14.8 Å². The molecule has 3 aliphatic rings. The normalized spacial score (nSPS) is 24.8. The Morgan fingerprint density at radius 3 is 2.52 bits per heavy atom. The van der Waals surface area contributed by atoms with Crippen molar-refractivity contribution >= 4 is 11.7 Å². The molecule has 0 bridgehead atoms. The number of nitrogens with zero attached hydrogens (tertiary/aromatic N) is 3. The second-order valence-electron chi connectivity index (χ2n) is 9.19. The highest BCUT2D eigenvalue weighted by atomic mass is 16.2. The summed E-state index contributed by atoms with van der Waals surface area (Å²) in [4.78, 5) is 22.2. The van der Waals surface area contributed by atoms with E-state index >= 15 is 0 Å². The van der Waals surface area contributed by atoms with Crippen LogP contribution in [0.15, 0.2) is 48.7 Å². The minimum absolute atomic E-state index is 0.0195. The van der Waals surface area contributed by atoms with Crippen LogP contribution in [0.5, 0.6) is 0 Å². The lowest BCUT2D eigenvalue weighted by Gasteiger charge is -2.50. The summed E-state index contributed by atoms with van der Waals surface area (Å²) in [7, 11) is 0. The number of amides is 1. The molecule has 3 fully saturated rings. The van der Waals surface area contributed by atoms with Crippen LogP contribution in [0.3, 0.4) is 0 Å². The molecular weight excluding hydrogens is 360 g/mol. The van der Waals surface area contributed by atoms with Crippen LogP contribution in [0.25, 0.3) is 0 Å². The molecule has 1 unspecified atom stereocenters. The Kier molecular flexibility index (Phi) is 4.78. The zero-order chi connectivity index (χ0) is 19.8. The van der Waals surface area contributed by atoms with Gasteiger partial charge in [-0.3, -0.25) is 9.69 Å². The van der Waals surface area contributed by atoms with Crippen LogP contribution < -0.4 is 5.73 Å².